The summed E-state index contributed by atoms with van der Waals surface area (Å²) in [6.07, 6.45) is 1.77. The molecule has 0 saturated heterocycles. The first kappa shape index (κ1) is 14.9. The van der Waals surface area contributed by atoms with Crippen LogP contribution in [0.3, 0.4) is 0 Å². The lowest BCUT2D eigenvalue weighted by Gasteiger charge is -2.32. The molecule has 0 aliphatic carbocycles. The molecule has 0 radical (unpaired) electrons. The molecule has 2 aromatic rings. The van der Waals surface area contributed by atoms with Gasteiger partial charge in [0.15, 0.2) is 6.67 Å². The van der Waals surface area contributed by atoms with Crippen molar-refractivity contribution in [2.75, 3.05) is 0 Å². The number of nitrogens with one attached hydrogen (secondary N) is 1. The Kier molecular flexibility index (Phi) is 4.40. The molecule has 0 amide bonds. The van der Waals surface area contributed by atoms with Crippen LogP contribution in [0.4, 0.5) is 0 Å². The summed E-state index contributed by atoms with van der Waals surface area (Å²) in [6.45, 7) is 8.48. The van der Waals surface area contributed by atoms with E-state index in [0.29, 0.717) is 0 Å². The van der Waals surface area contributed by atoms with Crippen molar-refractivity contribution in [2.24, 2.45) is 7.05 Å². The second kappa shape index (κ2) is 5.89. The van der Waals surface area contributed by atoms with Gasteiger partial charge in [0.1, 0.15) is 12.9 Å². The van der Waals surface area contributed by atoms with Gasteiger partial charge < -0.3 is 9.47 Å². The fraction of sp³-hybridized carbons (Fsp3) is 0.467. The quantitative estimate of drug-likeness (QED) is 0.870. The molecule has 0 fully saturated rings. The van der Waals surface area contributed by atoms with Crippen LogP contribution in [0.5, 0.6) is 0 Å². The molecule has 0 spiro atoms. The second-order valence-corrected chi connectivity index (χ2v) is 6.56. The van der Waals surface area contributed by atoms with Gasteiger partial charge >= 0.3 is 0 Å². The summed E-state index contributed by atoms with van der Waals surface area (Å²) in [5, 5.41) is 4.36. The zero-order chi connectivity index (χ0) is 14.8. The van der Waals surface area contributed by atoms with Crippen LogP contribution in [0.25, 0.3) is 0 Å². The van der Waals surface area contributed by atoms with Gasteiger partial charge in [-0.25, -0.2) is 0 Å². The van der Waals surface area contributed by atoms with Crippen molar-refractivity contribution in [2.45, 2.75) is 39.5 Å². The molecule has 20 heavy (non-hydrogen) atoms. The Morgan fingerprint density at radius 1 is 1.20 bits per heavy atom. The van der Waals surface area contributed by atoms with Gasteiger partial charge in [0.25, 0.3) is 0 Å². The molecule has 0 aliphatic heterocycles. The predicted molar refractivity (Wildman–Crippen MR) is 82.9 cm³/mol. The fourth-order valence-corrected chi connectivity index (χ4v) is 2.27. The summed E-state index contributed by atoms with van der Waals surface area (Å²) < 4.78 is 4.54. The molecule has 4 nitrogen and oxygen atoms in total. The number of aryl methyl sites for hydroxylation is 1. The van der Waals surface area contributed by atoms with Crippen molar-refractivity contribution in [3.05, 3.63) is 47.0 Å². The average molecular weight is 291 g/mol. The third-order valence-electron chi connectivity index (χ3n) is 3.55. The number of benzene rings is 1. The maximum Gasteiger partial charge on any atom is 0.202 e. The Bertz CT molecular complexity index is 607. The Morgan fingerprint density at radius 3 is 2.35 bits per heavy atom. The van der Waals surface area contributed by atoms with Crippen LogP contribution >= 0.6 is 12.2 Å². The van der Waals surface area contributed by atoms with Crippen molar-refractivity contribution in [1.82, 2.24) is 14.3 Å². The van der Waals surface area contributed by atoms with E-state index in [0.717, 1.165) is 18.0 Å². The average Bonchev–Trinajstić information content (AvgIpc) is 2.70. The van der Waals surface area contributed by atoms with Gasteiger partial charge in [-0.2, -0.15) is 9.78 Å². The van der Waals surface area contributed by atoms with E-state index < -0.39 is 0 Å². The van der Waals surface area contributed by atoms with Crippen LogP contribution in [0.2, 0.25) is 0 Å². The Balaban J connectivity index is 2.21. The van der Waals surface area contributed by atoms with Crippen molar-refractivity contribution in [3.8, 4) is 0 Å². The predicted octanol–water partition coefficient (Wildman–Crippen LogP) is 1.79. The minimum absolute atomic E-state index is 0.127. The summed E-state index contributed by atoms with van der Waals surface area (Å²) in [4.78, 5) is 1.43. The minimum atomic E-state index is 0.127. The molecule has 0 bridgehead atoms. The lowest BCUT2D eigenvalue weighted by atomic mass is 10.1. The maximum absolute atomic E-state index is 5.38. The number of aromatic nitrogens is 3. The number of hydrogen-bond acceptors (Lipinski definition) is 2. The summed E-state index contributed by atoms with van der Waals surface area (Å²) in [5.74, 6) is 0. The zero-order valence-corrected chi connectivity index (χ0v) is 13.4. The highest BCUT2D eigenvalue weighted by atomic mass is 32.1. The first-order chi connectivity index (χ1) is 9.38. The van der Waals surface area contributed by atoms with Gasteiger partial charge in [-0.3, -0.25) is 0 Å². The minimum Gasteiger partial charge on any atom is -0.310 e. The fourth-order valence-electron chi connectivity index (χ4n) is 2.11. The molecule has 1 aromatic heterocycles. The molecule has 1 N–H and O–H groups in total. The topological polar surface area (TPSA) is 27.2 Å². The molecular weight excluding hydrogens is 268 g/mol. The monoisotopic (exact) mass is 291 g/mol. The Hall–Kier alpha value is -1.46. The van der Waals surface area contributed by atoms with Crippen LogP contribution in [0.1, 0.15) is 26.3 Å². The molecule has 0 aliphatic rings. The van der Waals surface area contributed by atoms with Gasteiger partial charge in [0, 0.05) is 12.6 Å². The number of nitrogens with zero attached hydrogens (tertiary/aromatic N) is 3. The highest BCUT2D eigenvalue weighted by molar-refractivity contribution is 7.71. The van der Waals surface area contributed by atoms with Gasteiger partial charge in [-0.1, -0.05) is 30.3 Å². The van der Waals surface area contributed by atoms with E-state index in [1.54, 1.807) is 6.33 Å². The van der Waals surface area contributed by atoms with E-state index in [-0.39, 0.29) is 5.54 Å². The molecular formula is C15H23N4S+. The van der Waals surface area contributed by atoms with Crippen LogP contribution < -0.4 is 4.90 Å². The van der Waals surface area contributed by atoms with Crippen molar-refractivity contribution < 1.29 is 4.90 Å². The summed E-state index contributed by atoms with van der Waals surface area (Å²) in [6, 6.07) is 10.6. The third-order valence-corrected chi connectivity index (χ3v) is 4.05. The Labute approximate surface area is 125 Å². The number of rotatable bonds is 4. The molecule has 5 heteroatoms. The summed E-state index contributed by atoms with van der Waals surface area (Å²) in [5.41, 5.74) is 1.46. The van der Waals surface area contributed by atoms with Crippen LogP contribution in [0, 0.1) is 4.77 Å². The highest BCUT2D eigenvalue weighted by Gasteiger charge is 2.26. The molecule has 1 heterocycles. The largest absolute Gasteiger partial charge is 0.310 e. The van der Waals surface area contributed by atoms with Gasteiger partial charge in [0.2, 0.25) is 4.77 Å². The first-order valence-electron chi connectivity index (χ1n) is 6.85. The standard InChI is InChI=1S/C15H22N4S/c1-15(2,3)18(10-13-8-6-5-7-9-13)12-19-14(20)17(4)11-16-19/h5-9,11H,10,12H2,1-4H3/p+1. The zero-order valence-electron chi connectivity index (χ0n) is 12.6. The lowest BCUT2D eigenvalue weighted by molar-refractivity contribution is -0.981. The number of quaternary nitrogens is 1. The normalized spacial score (nSPS) is 13.4. The van der Waals surface area contributed by atoms with Crippen molar-refractivity contribution in [3.63, 3.8) is 0 Å². The van der Waals surface area contributed by atoms with Gasteiger partial charge in [0.05, 0.1) is 5.54 Å². The van der Waals surface area contributed by atoms with E-state index in [9.17, 15) is 0 Å². The molecule has 1 aromatic carbocycles. The van der Waals surface area contributed by atoms with E-state index in [1.807, 2.05) is 16.3 Å². The van der Waals surface area contributed by atoms with Crippen LogP contribution in [-0.2, 0) is 20.3 Å². The number of hydrogen-bond donors (Lipinski definition) is 1. The smallest absolute Gasteiger partial charge is 0.202 e. The van der Waals surface area contributed by atoms with E-state index in [2.05, 4.69) is 56.2 Å². The van der Waals surface area contributed by atoms with E-state index in [4.69, 9.17) is 12.2 Å². The van der Waals surface area contributed by atoms with E-state index in [1.165, 1.54) is 10.5 Å². The summed E-state index contributed by atoms with van der Waals surface area (Å²) in [7, 11) is 1.93. The molecule has 1 atom stereocenters. The van der Waals surface area contributed by atoms with Crippen molar-refractivity contribution >= 4 is 12.2 Å². The van der Waals surface area contributed by atoms with Crippen LogP contribution in [0.15, 0.2) is 36.7 Å². The second-order valence-electron chi connectivity index (χ2n) is 6.20. The van der Waals surface area contributed by atoms with E-state index >= 15 is 0 Å². The van der Waals surface area contributed by atoms with Gasteiger partial charge in [-0.05, 0) is 33.0 Å². The SMILES string of the molecule is Cn1cnn(C[NH+](Cc2ccccc2)C(C)(C)C)c1=S. The molecule has 0 saturated carbocycles. The molecule has 108 valence electrons. The highest BCUT2D eigenvalue weighted by Crippen LogP contribution is 2.00. The Morgan fingerprint density at radius 2 is 1.85 bits per heavy atom. The van der Waals surface area contributed by atoms with Gasteiger partial charge in [-0.15, -0.1) is 0 Å². The maximum atomic E-state index is 5.38. The first-order valence-corrected chi connectivity index (χ1v) is 7.26. The third kappa shape index (κ3) is 3.55. The van der Waals surface area contributed by atoms with Crippen LogP contribution in [-0.4, -0.2) is 19.9 Å². The lowest BCUT2D eigenvalue weighted by Crippen LogP contribution is -3.17. The molecule has 1 unspecified atom stereocenters. The van der Waals surface area contributed by atoms with Crippen molar-refractivity contribution in [1.29, 1.82) is 0 Å². The molecule has 2 rings (SSSR count). The summed E-state index contributed by atoms with van der Waals surface area (Å²) >= 11 is 5.38.